The molecule has 1 unspecified atom stereocenters. The Kier molecular flexibility index (Phi) is 5.77. The summed E-state index contributed by atoms with van der Waals surface area (Å²) in [7, 11) is 3.15. The van der Waals surface area contributed by atoms with Crippen molar-refractivity contribution >= 4 is 34.7 Å². The number of thioether (sulfide) groups is 1. The van der Waals surface area contributed by atoms with Crippen molar-refractivity contribution in [1.29, 1.82) is 0 Å². The van der Waals surface area contributed by atoms with Gasteiger partial charge in [0.2, 0.25) is 5.91 Å². The summed E-state index contributed by atoms with van der Waals surface area (Å²) in [6.45, 7) is 1.87. The minimum Gasteiger partial charge on any atom is -0.493 e. The number of amides is 1. The number of aromatic nitrogens is 3. The highest BCUT2D eigenvalue weighted by Crippen LogP contribution is 2.42. The van der Waals surface area contributed by atoms with Crippen LogP contribution in [-0.2, 0) is 4.79 Å². The number of rotatable bonds is 8. The quantitative estimate of drug-likeness (QED) is 0.531. The van der Waals surface area contributed by atoms with E-state index < -0.39 is 0 Å². The van der Waals surface area contributed by atoms with E-state index in [0.29, 0.717) is 23.2 Å². The number of ether oxygens (including phenoxy) is 2. The number of anilines is 1. The van der Waals surface area contributed by atoms with Crippen LogP contribution in [0.15, 0.2) is 40.9 Å². The summed E-state index contributed by atoms with van der Waals surface area (Å²) in [4.78, 5) is 13.8. The van der Waals surface area contributed by atoms with E-state index in [-0.39, 0.29) is 11.2 Å². The van der Waals surface area contributed by atoms with Crippen LogP contribution in [0.25, 0.3) is 10.7 Å². The minimum absolute atomic E-state index is 0.106. The Hall–Kier alpha value is -2.52. The molecule has 1 atom stereocenters. The lowest BCUT2D eigenvalue weighted by Gasteiger charge is -2.14. The molecule has 3 aromatic rings. The van der Waals surface area contributed by atoms with Crippen molar-refractivity contribution in [3.05, 3.63) is 35.7 Å². The summed E-state index contributed by atoms with van der Waals surface area (Å²) in [6.07, 6.45) is 2.24. The molecule has 9 heteroatoms. The third kappa shape index (κ3) is 4.25. The minimum atomic E-state index is -0.332. The Bertz CT molecular complexity index is 999. The van der Waals surface area contributed by atoms with E-state index in [4.69, 9.17) is 9.47 Å². The van der Waals surface area contributed by atoms with Crippen LogP contribution in [0, 0.1) is 0 Å². The smallest absolute Gasteiger partial charge is 0.237 e. The van der Waals surface area contributed by atoms with Crippen LogP contribution in [0.2, 0.25) is 0 Å². The molecule has 4 rings (SSSR count). The number of hydrogen-bond donors (Lipinski definition) is 1. The number of carbonyl (C=O) groups excluding carboxylic acids is 1. The maximum atomic E-state index is 12.7. The molecule has 1 aliphatic carbocycles. The van der Waals surface area contributed by atoms with Gasteiger partial charge in [0.05, 0.1) is 24.3 Å². The van der Waals surface area contributed by atoms with E-state index in [9.17, 15) is 4.79 Å². The SMILES string of the molecule is COc1ccc(NC(=O)C(C)Sc2nnc(-c3cccs3)n2C2CC2)cc1OC. The van der Waals surface area contributed by atoms with Crippen molar-refractivity contribution in [3.63, 3.8) is 0 Å². The first-order valence-corrected chi connectivity index (χ1v) is 11.0. The van der Waals surface area contributed by atoms with Crippen LogP contribution < -0.4 is 14.8 Å². The summed E-state index contributed by atoms with van der Waals surface area (Å²) in [6, 6.07) is 9.79. The van der Waals surface area contributed by atoms with Crippen molar-refractivity contribution in [2.24, 2.45) is 0 Å². The highest BCUT2D eigenvalue weighted by Gasteiger charge is 2.31. The molecular weight excluding hydrogens is 408 g/mol. The zero-order valence-electron chi connectivity index (χ0n) is 16.4. The lowest BCUT2D eigenvalue weighted by atomic mass is 10.2. The second kappa shape index (κ2) is 8.46. The number of hydrogen-bond acceptors (Lipinski definition) is 7. The van der Waals surface area contributed by atoms with E-state index >= 15 is 0 Å². The molecule has 29 heavy (non-hydrogen) atoms. The first-order chi connectivity index (χ1) is 14.1. The van der Waals surface area contributed by atoms with E-state index in [2.05, 4.69) is 26.1 Å². The molecule has 1 aliphatic rings. The van der Waals surface area contributed by atoms with Gasteiger partial charge < -0.3 is 14.8 Å². The number of thiophene rings is 1. The predicted molar refractivity (Wildman–Crippen MR) is 115 cm³/mol. The van der Waals surface area contributed by atoms with Crippen molar-refractivity contribution in [2.75, 3.05) is 19.5 Å². The van der Waals surface area contributed by atoms with Crippen molar-refractivity contribution < 1.29 is 14.3 Å². The fourth-order valence-corrected chi connectivity index (χ4v) is 4.59. The lowest BCUT2D eigenvalue weighted by Crippen LogP contribution is -2.23. The Morgan fingerprint density at radius 3 is 2.69 bits per heavy atom. The third-order valence-electron chi connectivity index (χ3n) is 4.62. The molecule has 1 aromatic carbocycles. The number of benzene rings is 1. The monoisotopic (exact) mass is 430 g/mol. The van der Waals surface area contributed by atoms with Gasteiger partial charge in [-0.1, -0.05) is 17.8 Å². The van der Waals surface area contributed by atoms with Gasteiger partial charge in [0.25, 0.3) is 0 Å². The van der Waals surface area contributed by atoms with Gasteiger partial charge in [-0.25, -0.2) is 0 Å². The van der Waals surface area contributed by atoms with Gasteiger partial charge in [-0.2, -0.15) is 0 Å². The number of carbonyl (C=O) groups is 1. The predicted octanol–water partition coefficient (Wildman–Crippen LogP) is 4.48. The molecule has 0 spiro atoms. The lowest BCUT2D eigenvalue weighted by molar-refractivity contribution is -0.115. The van der Waals surface area contributed by atoms with Gasteiger partial charge in [-0.3, -0.25) is 9.36 Å². The molecule has 1 N–H and O–H groups in total. The van der Waals surface area contributed by atoms with Crippen molar-refractivity contribution in [3.8, 4) is 22.2 Å². The van der Waals surface area contributed by atoms with Crippen LogP contribution >= 0.6 is 23.1 Å². The molecule has 2 aromatic heterocycles. The molecule has 152 valence electrons. The first-order valence-electron chi connectivity index (χ1n) is 9.29. The van der Waals surface area contributed by atoms with Crippen LogP contribution in [0.5, 0.6) is 11.5 Å². The number of methoxy groups -OCH3 is 2. The van der Waals surface area contributed by atoms with Crippen LogP contribution in [0.1, 0.15) is 25.8 Å². The summed E-state index contributed by atoms with van der Waals surface area (Å²) in [5, 5.41) is 14.2. The Morgan fingerprint density at radius 1 is 1.24 bits per heavy atom. The molecule has 0 bridgehead atoms. The van der Waals surface area contributed by atoms with Gasteiger partial charge in [-0.05, 0) is 43.3 Å². The number of nitrogens with one attached hydrogen (secondary N) is 1. The zero-order chi connectivity index (χ0) is 20.4. The zero-order valence-corrected chi connectivity index (χ0v) is 18.0. The summed E-state index contributed by atoms with van der Waals surface area (Å²) >= 11 is 3.08. The fourth-order valence-electron chi connectivity index (χ4n) is 2.96. The largest absolute Gasteiger partial charge is 0.493 e. The molecule has 0 aliphatic heterocycles. The molecular formula is C20H22N4O3S2. The average molecular weight is 431 g/mol. The van der Waals surface area contributed by atoms with Gasteiger partial charge in [0, 0.05) is 17.8 Å². The highest BCUT2D eigenvalue weighted by atomic mass is 32.2. The second-order valence-corrected chi connectivity index (χ2v) is 8.96. The summed E-state index contributed by atoms with van der Waals surface area (Å²) in [5.74, 6) is 1.97. The summed E-state index contributed by atoms with van der Waals surface area (Å²) in [5.41, 5.74) is 0.656. The Labute approximate surface area is 177 Å². The molecule has 2 heterocycles. The molecule has 1 saturated carbocycles. The van der Waals surface area contributed by atoms with E-state index in [1.165, 1.54) is 11.8 Å². The van der Waals surface area contributed by atoms with Crippen molar-refractivity contribution in [1.82, 2.24) is 14.8 Å². The average Bonchev–Trinajstić information content (AvgIpc) is 3.25. The standard InChI is InChI=1S/C20H22N4O3S2/c1-12(19(25)21-13-6-9-15(26-2)16(11-13)27-3)29-20-23-22-18(17-5-4-10-28-17)24(20)14-7-8-14/h4-6,9-12,14H,7-8H2,1-3H3,(H,21,25). The van der Waals surface area contributed by atoms with Crippen LogP contribution in [0.3, 0.4) is 0 Å². The van der Waals surface area contributed by atoms with Crippen molar-refractivity contribution in [2.45, 2.75) is 36.2 Å². The topological polar surface area (TPSA) is 78.3 Å². The van der Waals surface area contributed by atoms with Gasteiger partial charge in [0.1, 0.15) is 0 Å². The Morgan fingerprint density at radius 2 is 2.03 bits per heavy atom. The van der Waals surface area contributed by atoms with E-state index in [1.807, 2.05) is 18.4 Å². The van der Waals surface area contributed by atoms with E-state index in [0.717, 1.165) is 28.7 Å². The normalized spacial score (nSPS) is 14.4. The van der Waals surface area contributed by atoms with Crippen LogP contribution in [0.4, 0.5) is 5.69 Å². The Balaban J connectivity index is 1.48. The molecule has 1 fully saturated rings. The molecule has 0 saturated heterocycles. The van der Waals surface area contributed by atoms with Gasteiger partial charge in [0.15, 0.2) is 22.5 Å². The fraction of sp³-hybridized carbons (Fsp3) is 0.350. The van der Waals surface area contributed by atoms with Crippen LogP contribution in [-0.4, -0.2) is 40.1 Å². The van der Waals surface area contributed by atoms with Gasteiger partial charge in [-0.15, -0.1) is 21.5 Å². The van der Waals surface area contributed by atoms with Gasteiger partial charge >= 0.3 is 0 Å². The first kappa shape index (κ1) is 19.8. The number of nitrogens with zero attached hydrogens (tertiary/aromatic N) is 3. The second-order valence-electron chi connectivity index (χ2n) is 6.70. The molecule has 7 nitrogen and oxygen atoms in total. The molecule has 0 radical (unpaired) electrons. The maximum absolute atomic E-state index is 12.7. The van der Waals surface area contributed by atoms with E-state index in [1.54, 1.807) is 43.8 Å². The third-order valence-corrected chi connectivity index (χ3v) is 6.54. The maximum Gasteiger partial charge on any atom is 0.237 e. The summed E-state index contributed by atoms with van der Waals surface area (Å²) < 4.78 is 12.7. The highest BCUT2D eigenvalue weighted by molar-refractivity contribution is 8.00. The molecule has 1 amide bonds.